The first-order valence-electron chi connectivity index (χ1n) is 6.12. The van der Waals surface area contributed by atoms with Gasteiger partial charge in [-0.05, 0) is 42.3 Å². The molecule has 2 aromatic carbocycles. The first-order chi connectivity index (χ1) is 9.01. The Morgan fingerprint density at radius 3 is 2.58 bits per heavy atom. The summed E-state index contributed by atoms with van der Waals surface area (Å²) < 4.78 is 18.4. The molecule has 1 N–H and O–H groups in total. The summed E-state index contributed by atoms with van der Waals surface area (Å²) in [7, 11) is 1.60. The fourth-order valence-corrected chi connectivity index (χ4v) is 2.11. The van der Waals surface area contributed by atoms with Gasteiger partial charge in [-0.15, -0.1) is 0 Å². The van der Waals surface area contributed by atoms with Crippen molar-refractivity contribution in [1.29, 1.82) is 0 Å². The van der Waals surface area contributed by atoms with Gasteiger partial charge in [-0.1, -0.05) is 24.3 Å². The lowest BCUT2D eigenvalue weighted by molar-refractivity contribution is 0.0572. The molecule has 0 aliphatic rings. The van der Waals surface area contributed by atoms with E-state index in [-0.39, 0.29) is 5.82 Å². The van der Waals surface area contributed by atoms with E-state index in [1.807, 2.05) is 24.3 Å². The summed E-state index contributed by atoms with van der Waals surface area (Å²) in [5.74, 6) is 0.399. The van der Waals surface area contributed by atoms with Crippen molar-refractivity contribution < 1.29 is 14.2 Å². The second-order valence-corrected chi connectivity index (χ2v) is 4.81. The fraction of sp³-hybridized carbons (Fsp3) is 0.250. The first kappa shape index (κ1) is 13.6. The summed E-state index contributed by atoms with van der Waals surface area (Å²) in [5.41, 5.74) is 0.387. The van der Waals surface area contributed by atoms with Crippen molar-refractivity contribution in [3.8, 4) is 5.75 Å². The quantitative estimate of drug-likeness (QED) is 0.914. The van der Waals surface area contributed by atoms with Crippen molar-refractivity contribution in [3.05, 3.63) is 65.5 Å². The van der Waals surface area contributed by atoms with E-state index >= 15 is 0 Å². The van der Waals surface area contributed by atoms with E-state index in [1.54, 1.807) is 26.2 Å². The third kappa shape index (κ3) is 3.32. The normalized spacial score (nSPS) is 13.9. The van der Waals surface area contributed by atoms with Crippen LogP contribution in [0, 0.1) is 5.82 Å². The standard InChI is InChI=1S/C16H17FO2/c1-16(18,13-6-4-7-14(17)10-13)11-12-5-3-8-15(9-12)19-2/h3-10,18H,11H2,1-2H3. The Balaban J connectivity index is 2.25. The fourth-order valence-electron chi connectivity index (χ4n) is 2.11. The monoisotopic (exact) mass is 260 g/mol. The van der Waals surface area contributed by atoms with Crippen LogP contribution < -0.4 is 4.74 Å². The van der Waals surface area contributed by atoms with Crippen molar-refractivity contribution in [2.24, 2.45) is 0 Å². The minimum atomic E-state index is -1.12. The maximum absolute atomic E-state index is 13.2. The number of rotatable bonds is 4. The van der Waals surface area contributed by atoms with Crippen molar-refractivity contribution in [2.75, 3.05) is 7.11 Å². The Bertz CT molecular complexity index is 564. The number of hydrogen-bond acceptors (Lipinski definition) is 2. The molecule has 0 amide bonds. The number of hydrogen-bond donors (Lipinski definition) is 1. The van der Waals surface area contributed by atoms with Gasteiger partial charge >= 0.3 is 0 Å². The minimum absolute atomic E-state index is 0.344. The van der Waals surface area contributed by atoms with Crippen LogP contribution in [0.25, 0.3) is 0 Å². The maximum atomic E-state index is 13.2. The van der Waals surface area contributed by atoms with Gasteiger partial charge in [0.1, 0.15) is 11.6 Å². The van der Waals surface area contributed by atoms with Gasteiger partial charge in [-0.2, -0.15) is 0 Å². The van der Waals surface area contributed by atoms with Gasteiger partial charge in [0.2, 0.25) is 0 Å². The molecule has 100 valence electrons. The molecular weight excluding hydrogens is 243 g/mol. The van der Waals surface area contributed by atoms with Crippen LogP contribution in [0.2, 0.25) is 0 Å². The van der Waals surface area contributed by atoms with Crippen molar-refractivity contribution in [1.82, 2.24) is 0 Å². The molecular formula is C16H17FO2. The van der Waals surface area contributed by atoms with Gasteiger partial charge in [0.15, 0.2) is 0 Å². The van der Waals surface area contributed by atoms with Gasteiger partial charge < -0.3 is 9.84 Å². The van der Waals surface area contributed by atoms with Crippen LogP contribution in [0.3, 0.4) is 0 Å². The number of aliphatic hydroxyl groups is 1. The van der Waals surface area contributed by atoms with Gasteiger partial charge in [0, 0.05) is 6.42 Å². The first-order valence-corrected chi connectivity index (χ1v) is 6.12. The number of benzene rings is 2. The summed E-state index contributed by atoms with van der Waals surface area (Å²) in [6.07, 6.45) is 0.396. The Kier molecular flexibility index (Phi) is 3.86. The van der Waals surface area contributed by atoms with Crippen LogP contribution in [0.15, 0.2) is 48.5 Å². The van der Waals surface area contributed by atoms with Gasteiger partial charge in [-0.3, -0.25) is 0 Å². The highest BCUT2D eigenvalue weighted by Gasteiger charge is 2.24. The minimum Gasteiger partial charge on any atom is -0.497 e. The van der Waals surface area contributed by atoms with E-state index in [4.69, 9.17) is 4.74 Å². The van der Waals surface area contributed by atoms with Crippen LogP contribution >= 0.6 is 0 Å². The van der Waals surface area contributed by atoms with E-state index < -0.39 is 5.60 Å². The maximum Gasteiger partial charge on any atom is 0.123 e. The van der Waals surface area contributed by atoms with Gasteiger partial charge in [0.25, 0.3) is 0 Å². The topological polar surface area (TPSA) is 29.5 Å². The molecule has 0 aliphatic heterocycles. The van der Waals surface area contributed by atoms with Gasteiger partial charge in [-0.25, -0.2) is 4.39 Å². The molecule has 0 saturated carbocycles. The number of ether oxygens (including phenoxy) is 1. The highest BCUT2D eigenvalue weighted by Crippen LogP contribution is 2.27. The van der Waals surface area contributed by atoms with E-state index in [0.717, 1.165) is 11.3 Å². The summed E-state index contributed by atoms with van der Waals surface area (Å²) in [5, 5.41) is 10.5. The Labute approximate surface area is 112 Å². The van der Waals surface area contributed by atoms with Crippen molar-refractivity contribution in [3.63, 3.8) is 0 Å². The SMILES string of the molecule is COc1cccc(CC(C)(O)c2cccc(F)c2)c1. The average molecular weight is 260 g/mol. The highest BCUT2D eigenvalue weighted by molar-refractivity contribution is 5.32. The number of halogens is 1. The smallest absolute Gasteiger partial charge is 0.123 e. The summed E-state index contributed by atoms with van der Waals surface area (Å²) in [4.78, 5) is 0. The second kappa shape index (κ2) is 5.41. The zero-order valence-electron chi connectivity index (χ0n) is 11.1. The molecule has 2 nitrogen and oxygen atoms in total. The molecule has 0 radical (unpaired) electrons. The molecule has 19 heavy (non-hydrogen) atoms. The third-order valence-corrected chi connectivity index (χ3v) is 3.13. The second-order valence-electron chi connectivity index (χ2n) is 4.81. The van der Waals surface area contributed by atoms with Crippen LogP contribution in [-0.2, 0) is 12.0 Å². The van der Waals surface area contributed by atoms with E-state index in [1.165, 1.54) is 12.1 Å². The predicted molar refractivity (Wildman–Crippen MR) is 72.7 cm³/mol. The summed E-state index contributed by atoms with van der Waals surface area (Å²) in [6.45, 7) is 1.68. The Morgan fingerprint density at radius 2 is 1.89 bits per heavy atom. The molecule has 0 bridgehead atoms. The lowest BCUT2D eigenvalue weighted by atomic mass is 9.89. The van der Waals surface area contributed by atoms with Crippen molar-refractivity contribution in [2.45, 2.75) is 18.9 Å². The average Bonchev–Trinajstić information content (AvgIpc) is 2.38. The molecule has 0 fully saturated rings. The zero-order chi connectivity index (χ0) is 13.9. The molecule has 3 heteroatoms. The van der Waals surface area contributed by atoms with E-state index in [9.17, 15) is 9.50 Å². The molecule has 1 atom stereocenters. The molecule has 0 aliphatic carbocycles. The van der Waals surface area contributed by atoms with Crippen LogP contribution in [0.4, 0.5) is 4.39 Å². The molecule has 0 aromatic heterocycles. The lowest BCUT2D eigenvalue weighted by Crippen LogP contribution is -2.24. The lowest BCUT2D eigenvalue weighted by Gasteiger charge is -2.24. The summed E-state index contributed by atoms with van der Waals surface area (Å²) >= 11 is 0. The largest absolute Gasteiger partial charge is 0.497 e. The molecule has 0 saturated heterocycles. The molecule has 0 spiro atoms. The van der Waals surface area contributed by atoms with E-state index in [2.05, 4.69) is 0 Å². The summed E-state index contributed by atoms with van der Waals surface area (Å²) in [6, 6.07) is 13.6. The van der Waals surface area contributed by atoms with Crippen LogP contribution in [-0.4, -0.2) is 12.2 Å². The zero-order valence-corrected chi connectivity index (χ0v) is 11.1. The molecule has 0 heterocycles. The molecule has 2 aromatic rings. The predicted octanol–water partition coefficient (Wildman–Crippen LogP) is 3.28. The third-order valence-electron chi connectivity index (χ3n) is 3.13. The van der Waals surface area contributed by atoms with Crippen LogP contribution in [0.5, 0.6) is 5.75 Å². The molecule has 1 unspecified atom stereocenters. The molecule has 2 rings (SSSR count). The van der Waals surface area contributed by atoms with Gasteiger partial charge in [0.05, 0.1) is 12.7 Å². The highest BCUT2D eigenvalue weighted by atomic mass is 19.1. The Morgan fingerprint density at radius 1 is 1.16 bits per heavy atom. The number of methoxy groups -OCH3 is 1. The van der Waals surface area contributed by atoms with Crippen molar-refractivity contribution >= 4 is 0 Å². The Hall–Kier alpha value is -1.87. The van der Waals surface area contributed by atoms with E-state index in [0.29, 0.717) is 12.0 Å². The van der Waals surface area contributed by atoms with Crippen LogP contribution in [0.1, 0.15) is 18.1 Å².